The van der Waals surface area contributed by atoms with Gasteiger partial charge in [-0.15, -0.1) is 0 Å². The molecule has 0 aromatic heterocycles. The van der Waals surface area contributed by atoms with Gasteiger partial charge in [-0.3, -0.25) is 4.90 Å². The third-order valence-corrected chi connectivity index (χ3v) is 4.20. The van der Waals surface area contributed by atoms with Crippen LogP contribution in [0, 0.1) is 11.3 Å². The Hall–Kier alpha value is -1.35. The van der Waals surface area contributed by atoms with Crippen molar-refractivity contribution < 1.29 is 9.90 Å². The molecule has 1 fully saturated rings. The number of hydrogen-bond donors (Lipinski definition) is 1. The van der Waals surface area contributed by atoms with E-state index in [0.29, 0.717) is 11.6 Å². The highest BCUT2D eigenvalue weighted by Gasteiger charge is 2.30. The van der Waals surface area contributed by atoms with Gasteiger partial charge in [0.2, 0.25) is 0 Å². The lowest BCUT2D eigenvalue weighted by atomic mass is 9.85. The van der Waals surface area contributed by atoms with Gasteiger partial charge in [0.15, 0.2) is 0 Å². The van der Waals surface area contributed by atoms with Crippen LogP contribution in [-0.4, -0.2) is 29.1 Å². The van der Waals surface area contributed by atoms with Crippen molar-refractivity contribution in [1.29, 1.82) is 0 Å². The van der Waals surface area contributed by atoms with E-state index in [9.17, 15) is 4.79 Å². The van der Waals surface area contributed by atoms with E-state index in [4.69, 9.17) is 5.11 Å². The van der Waals surface area contributed by atoms with Crippen LogP contribution in [0.1, 0.15) is 62.5 Å². The standard InChI is InChI=1S/C18H27NO2/c1-13-9-10-19(12-18(2,3)4)16(11-13)14-5-7-15(8-6-14)17(20)21/h5-8,13,16H,9-12H2,1-4H3,(H,20,21)/t13-,16-/m0/s1. The Morgan fingerprint density at radius 1 is 1.29 bits per heavy atom. The molecule has 0 bridgehead atoms. The highest BCUT2D eigenvalue weighted by atomic mass is 16.4. The summed E-state index contributed by atoms with van der Waals surface area (Å²) in [5.41, 5.74) is 1.89. The molecule has 2 atom stereocenters. The summed E-state index contributed by atoms with van der Waals surface area (Å²) in [7, 11) is 0. The summed E-state index contributed by atoms with van der Waals surface area (Å²) in [5.74, 6) is -0.129. The first kappa shape index (κ1) is 16.0. The molecule has 0 amide bonds. The summed E-state index contributed by atoms with van der Waals surface area (Å²) < 4.78 is 0. The van der Waals surface area contributed by atoms with Crippen LogP contribution in [0.3, 0.4) is 0 Å². The third-order valence-electron chi connectivity index (χ3n) is 4.20. The van der Waals surface area contributed by atoms with Crippen LogP contribution in [0.5, 0.6) is 0 Å². The normalized spacial score (nSPS) is 24.0. The molecule has 0 saturated carbocycles. The zero-order chi connectivity index (χ0) is 15.6. The van der Waals surface area contributed by atoms with Crippen molar-refractivity contribution >= 4 is 5.97 Å². The lowest BCUT2D eigenvalue weighted by Crippen LogP contribution is -2.41. The molecule has 3 heteroatoms. The Labute approximate surface area is 128 Å². The van der Waals surface area contributed by atoms with Gasteiger partial charge < -0.3 is 5.11 Å². The SMILES string of the molecule is C[C@H]1CCN(CC(C)(C)C)[C@H](c2ccc(C(=O)O)cc2)C1. The quantitative estimate of drug-likeness (QED) is 0.906. The predicted octanol–water partition coefficient (Wildman–Crippen LogP) is 4.20. The van der Waals surface area contributed by atoms with E-state index >= 15 is 0 Å². The van der Waals surface area contributed by atoms with Crippen LogP contribution in [0.2, 0.25) is 0 Å². The molecule has 21 heavy (non-hydrogen) atoms. The van der Waals surface area contributed by atoms with Gasteiger partial charge in [0.25, 0.3) is 0 Å². The van der Waals surface area contributed by atoms with E-state index in [1.54, 1.807) is 12.1 Å². The maximum absolute atomic E-state index is 11.0. The van der Waals surface area contributed by atoms with E-state index in [0.717, 1.165) is 25.4 Å². The van der Waals surface area contributed by atoms with Gasteiger partial charge >= 0.3 is 5.97 Å². The van der Waals surface area contributed by atoms with Crippen LogP contribution in [-0.2, 0) is 0 Å². The van der Waals surface area contributed by atoms with Crippen molar-refractivity contribution in [3.63, 3.8) is 0 Å². The van der Waals surface area contributed by atoms with E-state index in [2.05, 4.69) is 32.6 Å². The fourth-order valence-electron chi connectivity index (χ4n) is 3.18. The minimum Gasteiger partial charge on any atom is -0.478 e. The van der Waals surface area contributed by atoms with E-state index in [1.165, 1.54) is 12.0 Å². The van der Waals surface area contributed by atoms with E-state index in [1.807, 2.05) is 12.1 Å². The number of rotatable bonds is 3. The molecule has 2 rings (SSSR count). The zero-order valence-electron chi connectivity index (χ0n) is 13.6. The predicted molar refractivity (Wildman–Crippen MR) is 85.6 cm³/mol. The number of carboxylic acid groups (broad SMARTS) is 1. The highest BCUT2D eigenvalue weighted by Crippen LogP contribution is 2.36. The maximum Gasteiger partial charge on any atom is 0.335 e. The minimum atomic E-state index is -0.856. The maximum atomic E-state index is 11.0. The van der Waals surface area contributed by atoms with Gasteiger partial charge in [-0.05, 0) is 48.4 Å². The number of aromatic carboxylic acids is 1. The number of carboxylic acids is 1. The number of hydrogen-bond acceptors (Lipinski definition) is 2. The molecule has 0 spiro atoms. The van der Waals surface area contributed by atoms with Gasteiger partial charge in [-0.2, -0.15) is 0 Å². The van der Waals surface area contributed by atoms with Crippen LogP contribution in [0.4, 0.5) is 0 Å². The first-order valence-corrected chi connectivity index (χ1v) is 7.83. The average Bonchev–Trinajstić information content (AvgIpc) is 2.39. The summed E-state index contributed by atoms with van der Waals surface area (Å²) in [4.78, 5) is 13.5. The zero-order valence-corrected chi connectivity index (χ0v) is 13.6. The molecular formula is C18H27NO2. The molecule has 3 nitrogen and oxygen atoms in total. The smallest absolute Gasteiger partial charge is 0.335 e. The molecule has 116 valence electrons. The second-order valence-corrected chi connectivity index (χ2v) is 7.60. The molecule has 1 aromatic carbocycles. The number of carbonyl (C=O) groups is 1. The topological polar surface area (TPSA) is 40.5 Å². The Bertz CT molecular complexity index is 487. The van der Waals surface area contributed by atoms with Crippen LogP contribution in [0.25, 0.3) is 0 Å². The molecule has 1 aromatic rings. The summed E-state index contributed by atoms with van der Waals surface area (Å²) in [6.45, 7) is 11.3. The summed E-state index contributed by atoms with van der Waals surface area (Å²) in [6, 6.07) is 7.85. The van der Waals surface area contributed by atoms with Gasteiger partial charge in [0, 0.05) is 12.6 Å². The van der Waals surface area contributed by atoms with E-state index < -0.39 is 5.97 Å². The van der Waals surface area contributed by atoms with Crippen molar-refractivity contribution in [1.82, 2.24) is 4.90 Å². The van der Waals surface area contributed by atoms with Crippen LogP contribution < -0.4 is 0 Å². The fraction of sp³-hybridized carbons (Fsp3) is 0.611. The highest BCUT2D eigenvalue weighted by molar-refractivity contribution is 5.87. The number of benzene rings is 1. The Kier molecular flexibility index (Phi) is 4.72. The molecule has 0 aliphatic carbocycles. The number of likely N-dealkylation sites (tertiary alicyclic amines) is 1. The lowest BCUT2D eigenvalue weighted by molar-refractivity contribution is 0.0696. The second kappa shape index (κ2) is 6.18. The van der Waals surface area contributed by atoms with E-state index in [-0.39, 0.29) is 5.41 Å². The monoisotopic (exact) mass is 289 g/mol. The molecule has 1 heterocycles. The van der Waals surface area contributed by atoms with Gasteiger partial charge in [-0.25, -0.2) is 4.79 Å². The molecular weight excluding hydrogens is 262 g/mol. The minimum absolute atomic E-state index is 0.278. The fourth-order valence-corrected chi connectivity index (χ4v) is 3.18. The van der Waals surface area contributed by atoms with Crippen molar-refractivity contribution in [3.8, 4) is 0 Å². The molecule has 1 N–H and O–H groups in total. The summed E-state index contributed by atoms with van der Waals surface area (Å²) >= 11 is 0. The Morgan fingerprint density at radius 2 is 1.90 bits per heavy atom. The lowest BCUT2D eigenvalue weighted by Gasteiger charge is -2.42. The largest absolute Gasteiger partial charge is 0.478 e. The molecule has 1 aliphatic heterocycles. The molecule has 0 radical (unpaired) electrons. The van der Waals surface area contributed by atoms with Gasteiger partial charge in [-0.1, -0.05) is 39.8 Å². The Balaban J connectivity index is 2.21. The molecule has 1 saturated heterocycles. The average molecular weight is 289 g/mol. The summed E-state index contributed by atoms with van der Waals surface area (Å²) in [5, 5.41) is 9.02. The molecule has 1 aliphatic rings. The number of piperidine rings is 1. The van der Waals surface area contributed by atoms with Crippen molar-refractivity contribution in [2.45, 2.75) is 46.6 Å². The van der Waals surface area contributed by atoms with Crippen LogP contribution >= 0.6 is 0 Å². The second-order valence-electron chi connectivity index (χ2n) is 7.60. The number of nitrogens with zero attached hydrogens (tertiary/aromatic N) is 1. The first-order chi connectivity index (χ1) is 9.76. The van der Waals surface area contributed by atoms with Gasteiger partial charge in [0.05, 0.1) is 5.56 Å². The van der Waals surface area contributed by atoms with Crippen molar-refractivity contribution in [2.75, 3.05) is 13.1 Å². The Morgan fingerprint density at radius 3 is 2.43 bits per heavy atom. The first-order valence-electron chi connectivity index (χ1n) is 7.83. The van der Waals surface area contributed by atoms with Gasteiger partial charge in [0.1, 0.15) is 0 Å². The van der Waals surface area contributed by atoms with Crippen molar-refractivity contribution in [3.05, 3.63) is 35.4 Å². The van der Waals surface area contributed by atoms with Crippen molar-refractivity contribution in [2.24, 2.45) is 11.3 Å². The van der Waals surface area contributed by atoms with Crippen LogP contribution in [0.15, 0.2) is 24.3 Å². The summed E-state index contributed by atoms with van der Waals surface area (Å²) in [6.07, 6.45) is 2.41. The third kappa shape index (κ3) is 4.31. The molecule has 0 unspecified atom stereocenters.